The number of hydrogen-bond donors (Lipinski definition) is 2. The average molecular weight is 291 g/mol. The number of aliphatic hydroxyl groups is 1. The summed E-state index contributed by atoms with van der Waals surface area (Å²) in [6, 6.07) is 0.625. The van der Waals surface area contributed by atoms with Gasteiger partial charge in [-0.1, -0.05) is 0 Å². The summed E-state index contributed by atoms with van der Waals surface area (Å²) in [6.07, 6.45) is 0. The fraction of sp³-hybridized carbons (Fsp3) is 0.545. The second-order valence-corrected chi connectivity index (χ2v) is 6.13. The molecule has 0 fully saturated rings. The highest BCUT2D eigenvalue weighted by Crippen LogP contribution is 2.24. The van der Waals surface area contributed by atoms with Gasteiger partial charge in [-0.25, -0.2) is 13.2 Å². The minimum atomic E-state index is -3.89. The summed E-state index contributed by atoms with van der Waals surface area (Å²) in [5.74, 6) is -1.74. The molecule has 108 valence electrons. The zero-order chi connectivity index (χ0) is 14.8. The molecule has 7 nitrogen and oxygen atoms in total. The summed E-state index contributed by atoms with van der Waals surface area (Å²) < 4.78 is 30.8. The molecule has 0 spiro atoms. The van der Waals surface area contributed by atoms with E-state index in [4.69, 9.17) is 14.6 Å². The summed E-state index contributed by atoms with van der Waals surface area (Å²) in [4.78, 5) is 10.6. The van der Waals surface area contributed by atoms with Gasteiger partial charge in [-0.3, -0.25) is 0 Å². The molecule has 0 radical (unpaired) electrons. The van der Waals surface area contributed by atoms with Crippen LogP contribution in [0.3, 0.4) is 0 Å². The Morgan fingerprint density at radius 1 is 1.47 bits per heavy atom. The van der Waals surface area contributed by atoms with Crippen LogP contribution in [0.2, 0.25) is 0 Å². The maximum atomic E-state index is 12.4. The third kappa shape index (κ3) is 3.14. The fourth-order valence-electron chi connectivity index (χ4n) is 1.71. The highest BCUT2D eigenvalue weighted by Gasteiger charge is 2.31. The molecule has 0 aliphatic rings. The predicted octanol–water partition coefficient (Wildman–Crippen LogP) is 0.678. The van der Waals surface area contributed by atoms with Crippen LogP contribution in [0, 0.1) is 6.92 Å². The van der Waals surface area contributed by atoms with E-state index in [-0.39, 0.29) is 29.8 Å². The number of carboxylic acid groups (broad SMARTS) is 1. The van der Waals surface area contributed by atoms with Crippen LogP contribution < -0.4 is 0 Å². The second kappa shape index (κ2) is 5.72. The van der Waals surface area contributed by atoms with Crippen molar-refractivity contribution < 1.29 is 27.8 Å². The summed E-state index contributed by atoms with van der Waals surface area (Å²) in [5.41, 5.74) is 0. The van der Waals surface area contributed by atoms with Gasteiger partial charge in [-0.2, -0.15) is 4.31 Å². The Labute approximate surface area is 111 Å². The van der Waals surface area contributed by atoms with Crippen molar-refractivity contribution in [3.8, 4) is 0 Å². The van der Waals surface area contributed by atoms with E-state index in [0.29, 0.717) is 0 Å². The summed E-state index contributed by atoms with van der Waals surface area (Å²) in [5, 5.41) is 17.7. The summed E-state index contributed by atoms with van der Waals surface area (Å²) >= 11 is 0. The number of aryl methyl sites for hydroxylation is 1. The molecule has 0 unspecified atom stereocenters. The van der Waals surface area contributed by atoms with Crippen LogP contribution in [0.15, 0.2) is 15.4 Å². The van der Waals surface area contributed by atoms with Gasteiger partial charge in [0, 0.05) is 18.7 Å². The number of carbonyl (C=O) groups is 1. The largest absolute Gasteiger partial charge is 0.475 e. The summed E-state index contributed by atoms with van der Waals surface area (Å²) in [6.45, 7) is 4.34. The molecule has 8 heteroatoms. The third-order valence-electron chi connectivity index (χ3n) is 2.57. The molecule has 1 aromatic rings. The Morgan fingerprint density at radius 2 is 2.05 bits per heavy atom. The van der Waals surface area contributed by atoms with Crippen molar-refractivity contribution in [2.75, 3.05) is 13.2 Å². The molecular weight excluding hydrogens is 274 g/mol. The number of aliphatic hydroxyl groups excluding tert-OH is 1. The van der Waals surface area contributed by atoms with Crippen LogP contribution in [-0.2, 0) is 10.0 Å². The van der Waals surface area contributed by atoms with Gasteiger partial charge in [0.15, 0.2) is 0 Å². The van der Waals surface area contributed by atoms with Crippen molar-refractivity contribution in [2.45, 2.75) is 31.7 Å². The fourth-order valence-corrected chi connectivity index (χ4v) is 3.50. The lowest BCUT2D eigenvalue weighted by atomic mass is 10.4. The molecule has 0 saturated carbocycles. The average Bonchev–Trinajstić information content (AvgIpc) is 2.68. The Kier molecular flexibility index (Phi) is 4.72. The first-order valence-corrected chi connectivity index (χ1v) is 7.12. The SMILES string of the molecule is Cc1oc(C(=O)O)cc1S(=O)(=O)N(CCO)C(C)C. The van der Waals surface area contributed by atoms with E-state index in [0.717, 1.165) is 10.4 Å². The normalized spacial score (nSPS) is 12.3. The smallest absolute Gasteiger partial charge is 0.371 e. The molecule has 0 atom stereocenters. The van der Waals surface area contributed by atoms with Crippen LogP contribution in [0.1, 0.15) is 30.2 Å². The van der Waals surface area contributed by atoms with E-state index in [1.807, 2.05) is 0 Å². The van der Waals surface area contributed by atoms with Gasteiger partial charge in [-0.15, -0.1) is 0 Å². The first-order chi connectivity index (χ1) is 8.71. The maximum Gasteiger partial charge on any atom is 0.371 e. The lowest BCUT2D eigenvalue weighted by molar-refractivity contribution is 0.0661. The number of furan rings is 1. The summed E-state index contributed by atoms with van der Waals surface area (Å²) in [7, 11) is -3.89. The van der Waals surface area contributed by atoms with Crippen LogP contribution in [0.4, 0.5) is 0 Å². The minimum absolute atomic E-state index is 0.0148. The van der Waals surface area contributed by atoms with Crippen LogP contribution in [-0.4, -0.2) is 48.1 Å². The number of rotatable bonds is 6. The standard InChI is InChI=1S/C11H17NO6S/c1-7(2)12(4-5-13)19(16,17)10-6-9(11(14)15)18-8(10)3/h6-7,13H,4-5H2,1-3H3,(H,14,15). The number of hydrogen-bond acceptors (Lipinski definition) is 5. The molecule has 0 saturated heterocycles. The zero-order valence-electron chi connectivity index (χ0n) is 11.0. The van der Waals surface area contributed by atoms with Crippen molar-refractivity contribution >= 4 is 16.0 Å². The van der Waals surface area contributed by atoms with Crippen LogP contribution >= 0.6 is 0 Å². The van der Waals surface area contributed by atoms with Gasteiger partial charge in [0.1, 0.15) is 10.7 Å². The molecule has 0 amide bonds. The molecule has 0 bridgehead atoms. The Bertz CT molecular complexity index is 560. The molecule has 1 rings (SSSR count). The minimum Gasteiger partial charge on any atom is -0.475 e. The van der Waals surface area contributed by atoms with Crippen molar-refractivity contribution in [3.63, 3.8) is 0 Å². The quantitative estimate of drug-likeness (QED) is 0.797. The number of nitrogens with zero attached hydrogens (tertiary/aromatic N) is 1. The van der Waals surface area contributed by atoms with Gasteiger partial charge < -0.3 is 14.6 Å². The zero-order valence-corrected chi connectivity index (χ0v) is 11.8. The van der Waals surface area contributed by atoms with Crippen molar-refractivity contribution in [1.29, 1.82) is 0 Å². The number of carboxylic acids is 1. The van der Waals surface area contributed by atoms with E-state index >= 15 is 0 Å². The molecule has 0 aromatic carbocycles. The van der Waals surface area contributed by atoms with E-state index < -0.39 is 21.8 Å². The van der Waals surface area contributed by atoms with Crippen molar-refractivity contribution in [2.24, 2.45) is 0 Å². The van der Waals surface area contributed by atoms with E-state index in [1.165, 1.54) is 6.92 Å². The third-order valence-corrected chi connectivity index (χ3v) is 4.75. The predicted molar refractivity (Wildman–Crippen MR) is 66.5 cm³/mol. The first kappa shape index (κ1) is 15.7. The molecule has 1 aromatic heterocycles. The molecular formula is C11H17NO6S. The van der Waals surface area contributed by atoms with Crippen LogP contribution in [0.5, 0.6) is 0 Å². The number of aromatic carboxylic acids is 1. The maximum absolute atomic E-state index is 12.4. The van der Waals surface area contributed by atoms with Crippen LogP contribution in [0.25, 0.3) is 0 Å². The van der Waals surface area contributed by atoms with Crippen molar-refractivity contribution in [1.82, 2.24) is 4.31 Å². The van der Waals surface area contributed by atoms with E-state index in [9.17, 15) is 13.2 Å². The highest BCUT2D eigenvalue weighted by atomic mass is 32.2. The van der Waals surface area contributed by atoms with E-state index in [1.54, 1.807) is 13.8 Å². The Morgan fingerprint density at radius 3 is 2.42 bits per heavy atom. The van der Waals surface area contributed by atoms with Gasteiger partial charge >= 0.3 is 5.97 Å². The van der Waals surface area contributed by atoms with Gasteiger partial charge in [-0.05, 0) is 20.8 Å². The second-order valence-electron chi connectivity index (χ2n) is 4.27. The van der Waals surface area contributed by atoms with E-state index in [2.05, 4.69) is 0 Å². The van der Waals surface area contributed by atoms with Gasteiger partial charge in [0.05, 0.1) is 6.61 Å². The lowest BCUT2D eigenvalue weighted by Gasteiger charge is -2.24. The monoisotopic (exact) mass is 291 g/mol. The molecule has 1 heterocycles. The molecule has 19 heavy (non-hydrogen) atoms. The molecule has 0 aliphatic carbocycles. The van der Waals surface area contributed by atoms with Gasteiger partial charge in [0.25, 0.3) is 0 Å². The first-order valence-electron chi connectivity index (χ1n) is 5.68. The lowest BCUT2D eigenvalue weighted by Crippen LogP contribution is -2.39. The number of sulfonamides is 1. The van der Waals surface area contributed by atoms with Crippen molar-refractivity contribution in [3.05, 3.63) is 17.6 Å². The Hall–Kier alpha value is -1.38. The highest BCUT2D eigenvalue weighted by molar-refractivity contribution is 7.89. The Balaban J connectivity index is 3.29. The molecule has 2 N–H and O–H groups in total. The molecule has 0 aliphatic heterocycles. The topological polar surface area (TPSA) is 108 Å². The van der Waals surface area contributed by atoms with Gasteiger partial charge in [0.2, 0.25) is 15.8 Å².